The molecule has 0 aliphatic rings. The van der Waals surface area contributed by atoms with Crippen LogP contribution in [0.25, 0.3) is 0 Å². The first kappa shape index (κ1) is 13.2. The summed E-state index contributed by atoms with van der Waals surface area (Å²) in [6.45, 7) is 7.27. The summed E-state index contributed by atoms with van der Waals surface area (Å²) in [6.07, 6.45) is 1.15. The Kier molecular flexibility index (Phi) is 4.96. The minimum atomic E-state index is 0.908. The van der Waals surface area contributed by atoms with Crippen molar-refractivity contribution < 1.29 is 0 Å². The zero-order chi connectivity index (χ0) is 12.1. The topological polar surface area (TPSA) is 33.1 Å². The second kappa shape index (κ2) is 6.01. The van der Waals surface area contributed by atoms with Gasteiger partial charge in [0.25, 0.3) is 0 Å². The lowest BCUT2D eigenvalue weighted by atomic mass is 10.2. The van der Waals surface area contributed by atoms with Crippen LogP contribution >= 0.6 is 0 Å². The first-order valence-corrected chi connectivity index (χ1v) is 5.88. The van der Waals surface area contributed by atoms with E-state index in [0.29, 0.717) is 0 Å². The maximum Gasteiger partial charge on any atom is 0.0641 e. The van der Waals surface area contributed by atoms with Crippen LogP contribution in [0.3, 0.4) is 0 Å². The van der Waals surface area contributed by atoms with Gasteiger partial charge >= 0.3 is 0 Å². The highest BCUT2D eigenvalue weighted by Gasteiger charge is 2.09. The molecule has 4 nitrogen and oxygen atoms in total. The maximum absolute atomic E-state index is 4.58. The van der Waals surface area contributed by atoms with Gasteiger partial charge in [-0.2, -0.15) is 5.10 Å². The molecule has 0 unspecified atom stereocenters. The predicted octanol–water partition coefficient (Wildman–Crippen LogP) is 1.17. The van der Waals surface area contributed by atoms with Gasteiger partial charge in [-0.3, -0.25) is 4.68 Å². The molecule has 0 aliphatic heterocycles. The Bertz CT molecular complexity index is 328. The molecule has 0 amide bonds. The van der Waals surface area contributed by atoms with Crippen molar-refractivity contribution >= 4 is 0 Å². The highest BCUT2D eigenvalue weighted by atomic mass is 15.3. The Hall–Kier alpha value is -0.870. The highest BCUT2D eigenvalue weighted by Crippen LogP contribution is 2.12. The Morgan fingerprint density at radius 1 is 1.31 bits per heavy atom. The molecule has 4 heteroatoms. The molecule has 1 rings (SSSR count). The average molecular weight is 224 g/mol. The number of aromatic nitrogens is 2. The lowest BCUT2D eigenvalue weighted by Crippen LogP contribution is -2.16. The van der Waals surface area contributed by atoms with Gasteiger partial charge in [0, 0.05) is 24.3 Å². The fraction of sp³-hybridized carbons (Fsp3) is 0.750. The Balaban J connectivity index is 2.63. The van der Waals surface area contributed by atoms with Crippen LogP contribution in [-0.4, -0.2) is 42.4 Å². The fourth-order valence-electron chi connectivity index (χ4n) is 1.92. The molecule has 0 fully saturated rings. The van der Waals surface area contributed by atoms with E-state index in [9.17, 15) is 0 Å². The zero-order valence-electron chi connectivity index (χ0n) is 11.2. The Morgan fingerprint density at radius 2 is 2.00 bits per heavy atom. The summed E-state index contributed by atoms with van der Waals surface area (Å²) in [5.41, 5.74) is 3.79. The number of aryl methyl sites for hydroxylation is 2. The van der Waals surface area contributed by atoms with E-state index in [-0.39, 0.29) is 0 Å². The normalized spacial score (nSPS) is 11.4. The standard InChI is InChI=1S/C12H24N4/c1-10-12(9-13-3)11(2)16(14-10)8-6-7-15(4)5/h13H,6-9H2,1-5H3. The molecule has 0 aromatic carbocycles. The third kappa shape index (κ3) is 3.32. The van der Waals surface area contributed by atoms with Crippen molar-refractivity contribution in [1.82, 2.24) is 20.0 Å². The number of nitrogens with zero attached hydrogens (tertiary/aromatic N) is 3. The third-order valence-electron chi connectivity index (χ3n) is 2.86. The van der Waals surface area contributed by atoms with Crippen LogP contribution in [0.2, 0.25) is 0 Å². The Morgan fingerprint density at radius 3 is 2.56 bits per heavy atom. The lowest BCUT2D eigenvalue weighted by Gasteiger charge is -2.10. The lowest BCUT2D eigenvalue weighted by molar-refractivity contribution is 0.379. The van der Waals surface area contributed by atoms with Crippen molar-refractivity contribution in [3.05, 3.63) is 17.0 Å². The van der Waals surface area contributed by atoms with E-state index in [0.717, 1.165) is 31.7 Å². The third-order valence-corrected chi connectivity index (χ3v) is 2.86. The molecule has 1 aromatic heterocycles. The van der Waals surface area contributed by atoms with Crippen LogP contribution in [0.5, 0.6) is 0 Å². The van der Waals surface area contributed by atoms with Crippen LogP contribution in [-0.2, 0) is 13.1 Å². The molecule has 1 aromatic rings. The van der Waals surface area contributed by atoms with E-state index in [4.69, 9.17) is 0 Å². The molecule has 0 spiro atoms. The van der Waals surface area contributed by atoms with Crippen LogP contribution in [0.4, 0.5) is 0 Å². The number of nitrogens with one attached hydrogen (secondary N) is 1. The second-order valence-corrected chi connectivity index (χ2v) is 4.56. The van der Waals surface area contributed by atoms with Crippen molar-refractivity contribution in [1.29, 1.82) is 0 Å². The molecule has 16 heavy (non-hydrogen) atoms. The van der Waals surface area contributed by atoms with Crippen LogP contribution in [0, 0.1) is 13.8 Å². The van der Waals surface area contributed by atoms with Crippen molar-refractivity contribution in [2.75, 3.05) is 27.7 Å². The quantitative estimate of drug-likeness (QED) is 0.787. The van der Waals surface area contributed by atoms with Crippen LogP contribution in [0.15, 0.2) is 0 Å². The van der Waals surface area contributed by atoms with Gasteiger partial charge in [0.1, 0.15) is 0 Å². The minimum absolute atomic E-state index is 0.908. The van der Waals surface area contributed by atoms with Crippen molar-refractivity contribution in [3.8, 4) is 0 Å². The summed E-state index contributed by atoms with van der Waals surface area (Å²) >= 11 is 0. The monoisotopic (exact) mass is 224 g/mol. The number of rotatable bonds is 6. The SMILES string of the molecule is CNCc1c(C)nn(CCCN(C)C)c1C. The van der Waals surface area contributed by atoms with Crippen LogP contribution in [0.1, 0.15) is 23.4 Å². The van der Waals surface area contributed by atoms with Crippen LogP contribution < -0.4 is 5.32 Å². The van der Waals surface area contributed by atoms with Crippen molar-refractivity contribution in [2.24, 2.45) is 0 Å². The molecule has 0 saturated carbocycles. The molecule has 1 heterocycles. The van der Waals surface area contributed by atoms with Crippen molar-refractivity contribution in [3.63, 3.8) is 0 Å². The maximum atomic E-state index is 4.58. The molecule has 0 saturated heterocycles. The van der Waals surface area contributed by atoms with Gasteiger partial charge in [-0.15, -0.1) is 0 Å². The summed E-state index contributed by atoms with van der Waals surface area (Å²) in [5, 5.41) is 7.78. The molecule has 0 radical (unpaired) electrons. The van der Waals surface area contributed by atoms with Gasteiger partial charge in [0.15, 0.2) is 0 Å². The summed E-state index contributed by atoms with van der Waals surface area (Å²) < 4.78 is 2.13. The molecule has 0 bridgehead atoms. The first-order chi connectivity index (χ1) is 7.56. The van der Waals surface area contributed by atoms with E-state index in [1.54, 1.807) is 0 Å². The van der Waals surface area contributed by atoms with Gasteiger partial charge in [0.05, 0.1) is 5.69 Å². The first-order valence-electron chi connectivity index (χ1n) is 5.88. The van der Waals surface area contributed by atoms with Gasteiger partial charge in [-0.05, 0) is 48.0 Å². The summed E-state index contributed by atoms with van der Waals surface area (Å²) in [6, 6.07) is 0. The zero-order valence-corrected chi connectivity index (χ0v) is 11.2. The second-order valence-electron chi connectivity index (χ2n) is 4.56. The van der Waals surface area contributed by atoms with E-state index in [2.05, 4.69) is 47.9 Å². The molecular formula is C12H24N4. The number of hydrogen-bond donors (Lipinski definition) is 1. The summed E-state index contributed by atoms with van der Waals surface area (Å²) in [4.78, 5) is 2.21. The fourth-order valence-corrected chi connectivity index (χ4v) is 1.92. The Labute approximate surface area is 98.6 Å². The minimum Gasteiger partial charge on any atom is -0.316 e. The molecule has 0 aliphatic carbocycles. The summed E-state index contributed by atoms with van der Waals surface area (Å²) in [5.74, 6) is 0. The predicted molar refractivity (Wildman–Crippen MR) is 67.6 cm³/mol. The largest absolute Gasteiger partial charge is 0.316 e. The number of hydrogen-bond acceptors (Lipinski definition) is 3. The van der Waals surface area contributed by atoms with Gasteiger partial charge in [-0.25, -0.2) is 0 Å². The van der Waals surface area contributed by atoms with Gasteiger partial charge in [0.2, 0.25) is 0 Å². The van der Waals surface area contributed by atoms with E-state index >= 15 is 0 Å². The molecular weight excluding hydrogens is 200 g/mol. The summed E-state index contributed by atoms with van der Waals surface area (Å²) in [7, 11) is 6.18. The smallest absolute Gasteiger partial charge is 0.0641 e. The van der Waals surface area contributed by atoms with Crippen molar-refractivity contribution in [2.45, 2.75) is 33.4 Å². The van der Waals surface area contributed by atoms with E-state index in [1.807, 2.05) is 7.05 Å². The molecule has 0 atom stereocenters. The van der Waals surface area contributed by atoms with Gasteiger partial charge < -0.3 is 10.2 Å². The van der Waals surface area contributed by atoms with E-state index < -0.39 is 0 Å². The molecule has 1 N–H and O–H groups in total. The highest BCUT2D eigenvalue weighted by molar-refractivity contribution is 5.24. The van der Waals surface area contributed by atoms with E-state index in [1.165, 1.54) is 11.3 Å². The molecule has 92 valence electrons. The average Bonchev–Trinajstić information content (AvgIpc) is 2.46. The van der Waals surface area contributed by atoms with Gasteiger partial charge in [-0.1, -0.05) is 0 Å².